The number of benzene rings is 2. The molecule has 0 atom stereocenters. The first kappa shape index (κ1) is 17.5. The van der Waals surface area contributed by atoms with Crippen LogP contribution in [0.5, 0.6) is 0 Å². The van der Waals surface area contributed by atoms with Crippen LogP contribution >= 0.6 is 0 Å². The van der Waals surface area contributed by atoms with Crippen LogP contribution in [0.3, 0.4) is 0 Å². The highest BCUT2D eigenvalue weighted by atomic mass is 32.2. The average molecular weight is 368 g/mol. The second-order valence-corrected chi connectivity index (χ2v) is 7.42. The molecule has 0 amide bonds. The van der Waals surface area contributed by atoms with E-state index < -0.39 is 32.4 Å². The minimum atomic E-state index is -4.29. The van der Waals surface area contributed by atoms with Crippen molar-refractivity contribution in [1.82, 2.24) is 9.71 Å². The van der Waals surface area contributed by atoms with E-state index in [-0.39, 0.29) is 6.54 Å². The molecule has 2 aromatic carbocycles. The molecule has 0 fully saturated rings. The standard InChI is InChI=1S/C17H15F3N2O2S/c1-10-2-4-14-12(8-10)11(9-21-14)6-7-22-25(23,24)15-5-3-13(18)16(19)17(15)20/h2-5,8-9,21-22H,6-7H2,1H3. The lowest BCUT2D eigenvalue weighted by Crippen LogP contribution is -2.27. The van der Waals surface area contributed by atoms with E-state index in [0.717, 1.165) is 22.0 Å². The van der Waals surface area contributed by atoms with E-state index in [4.69, 9.17) is 0 Å². The molecule has 0 spiro atoms. The van der Waals surface area contributed by atoms with E-state index in [1.54, 1.807) is 6.20 Å². The summed E-state index contributed by atoms with van der Waals surface area (Å²) in [6.07, 6.45) is 2.13. The Morgan fingerprint density at radius 1 is 1.08 bits per heavy atom. The molecule has 25 heavy (non-hydrogen) atoms. The third kappa shape index (κ3) is 3.40. The number of fused-ring (bicyclic) bond motifs is 1. The molecule has 4 nitrogen and oxygen atoms in total. The number of halogens is 3. The van der Waals surface area contributed by atoms with E-state index >= 15 is 0 Å². The molecular formula is C17H15F3N2O2S. The first-order chi connectivity index (χ1) is 11.8. The Labute approximate surface area is 142 Å². The summed E-state index contributed by atoms with van der Waals surface area (Å²) in [6, 6.07) is 7.14. The molecular weight excluding hydrogens is 353 g/mol. The van der Waals surface area contributed by atoms with Gasteiger partial charge in [-0.25, -0.2) is 26.3 Å². The van der Waals surface area contributed by atoms with Crippen molar-refractivity contribution < 1.29 is 21.6 Å². The van der Waals surface area contributed by atoms with Crippen LogP contribution in [0.4, 0.5) is 13.2 Å². The predicted octanol–water partition coefficient (Wildman–Crippen LogP) is 3.41. The summed E-state index contributed by atoms with van der Waals surface area (Å²) < 4.78 is 66.3. The zero-order chi connectivity index (χ0) is 18.2. The number of aromatic nitrogens is 1. The topological polar surface area (TPSA) is 62.0 Å². The van der Waals surface area contributed by atoms with Gasteiger partial charge in [0.1, 0.15) is 4.90 Å². The normalized spacial score (nSPS) is 12.0. The lowest BCUT2D eigenvalue weighted by molar-refractivity contribution is 0.431. The van der Waals surface area contributed by atoms with Gasteiger partial charge in [-0.3, -0.25) is 0 Å². The van der Waals surface area contributed by atoms with Gasteiger partial charge in [-0.2, -0.15) is 0 Å². The smallest absolute Gasteiger partial charge is 0.243 e. The molecule has 3 aromatic rings. The van der Waals surface area contributed by atoms with Crippen LogP contribution in [0.1, 0.15) is 11.1 Å². The number of aryl methyl sites for hydroxylation is 1. The number of H-pyrrole nitrogens is 1. The average Bonchev–Trinajstić information content (AvgIpc) is 2.94. The highest BCUT2D eigenvalue weighted by molar-refractivity contribution is 7.89. The highest BCUT2D eigenvalue weighted by Crippen LogP contribution is 2.21. The Hall–Kier alpha value is -2.32. The number of hydrogen-bond donors (Lipinski definition) is 2. The van der Waals surface area contributed by atoms with Crippen molar-refractivity contribution in [3.8, 4) is 0 Å². The van der Waals surface area contributed by atoms with Gasteiger partial charge in [0.2, 0.25) is 10.0 Å². The van der Waals surface area contributed by atoms with Crippen LogP contribution in [0, 0.1) is 24.4 Å². The molecule has 0 radical (unpaired) electrons. The van der Waals surface area contributed by atoms with E-state index in [0.29, 0.717) is 18.6 Å². The molecule has 0 aliphatic carbocycles. The van der Waals surface area contributed by atoms with Crippen molar-refractivity contribution in [2.24, 2.45) is 0 Å². The number of sulfonamides is 1. The van der Waals surface area contributed by atoms with E-state index in [9.17, 15) is 21.6 Å². The summed E-state index contributed by atoms with van der Waals surface area (Å²) in [5.74, 6) is -4.98. The van der Waals surface area contributed by atoms with Gasteiger partial charge < -0.3 is 4.98 Å². The van der Waals surface area contributed by atoms with Crippen molar-refractivity contribution in [1.29, 1.82) is 0 Å². The van der Waals surface area contributed by atoms with Gasteiger partial charge in [0, 0.05) is 23.6 Å². The molecule has 3 rings (SSSR count). The molecule has 1 aromatic heterocycles. The molecule has 2 N–H and O–H groups in total. The molecule has 1 heterocycles. The van der Waals surface area contributed by atoms with Gasteiger partial charge in [-0.05, 0) is 43.2 Å². The Bertz CT molecular complexity index is 1050. The van der Waals surface area contributed by atoms with Crippen molar-refractivity contribution in [2.45, 2.75) is 18.2 Å². The van der Waals surface area contributed by atoms with E-state index in [1.165, 1.54) is 0 Å². The number of nitrogens with one attached hydrogen (secondary N) is 2. The van der Waals surface area contributed by atoms with Crippen LogP contribution in [0.2, 0.25) is 0 Å². The predicted molar refractivity (Wildman–Crippen MR) is 88.2 cm³/mol. The fourth-order valence-corrected chi connectivity index (χ4v) is 3.71. The summed E-state index contributed by atoms with van der Waals surface area (Å²) >= 11 is 0. The summed E-state index contributed by atoms with van der Waals surface area (Å²) in [6.45, 7) is 1.94. The van der Waals surface area contributed by atoms with Crippen molar-refractivity contribution in [3.63, 3.8) is 0 Å². The van der Waals surface area contributed by atoms with Gasteiger partial charge in [0.15, 0.2) is 17.5 Å². The van der Waals surface area contributed by atoms with Gasteiger partial charge in [-0.1, -0.05) is 11.6 Å². The van der Waals surface area contributed by atoms with E-state index in [1.807, 2.05) is 25.1 Å². The maximum atomic E-state index is 13.7. The van der Waals surface area contributed by atoms with Gasteiger partial charge in [0.05, 0.1) is 0 Å². The van der Waals surface area contributed by atoms with Crippen LogP contribution < -0.4 is 4.72 Å². The molecule has 0 aliphatic rings. The molecule has 0 saturated carbocycles. The summed E-state index contributed by atoms with van der Waals surface area (Å²) in [7, 11) is -4.29. The number of hydrogen-bond acceptors (Lipinski definition) is 2. The van der Waals surface area contributed by atoms with Gasteiger partial charge in [0.25, 0.3) is 0 Å². The maximum Gasteiger partial charge on any atom is 0.243 e. The Morgan fingerprint density at radius 2 is 1.84 bits per heavy atom. The lowest BCUT2D eigenvalue weighted by atomic mass is 10.1. The minimum Gasteiger partial charge on any atom is -0.361 e. The molecule has 132 valence electrons. The molecule has 0 aliphatic heterocycles. The monoisotopic (exact) mass is 368 g/mol. The van der Waals surface area contributed by atoms with Gasteiger partial charge >= 0.3 is 0 Å². The number of aromatic amines is 1. The Kier molecular flexibility index (Phi) is 4.57. The van der Waals surface area contributed by atoms with Crippen molar-refractivity contribution in [2.75, 3.05) is 6.54 Å². The van der Waals surface area contributed by atoms with Gasteiger partial charge in [-0.15, -0.1) is 0 Å². The third-order valence-electron chi connectivity index (χ3n) is 3.90. The van der Waals surface area contributed by atoms with Crippen LogP contribution in [0.25, 0.3) is 10.9 Å². The quantitative estimate of drug-likeness (QED) is 0.678. The zero-order valence-corrected chi connectivity index (χ0v) is 14.1. The largest absolute Gasteiger partial charge is 0.361 e. The third-order valence-corrected chi connectivity index (χ3v) is 5.38. The van der Waals surface area contributed by atoms with E-state index in [2.05, 4.69) is 9.71 Å². The van der Waals surface area contributed by atoms with Crippen molar-refractivity contribution in [3.05, 3.63) is 65.1 Å². The first-order valence-corrected chi connectivity index (χ1v) is 8.97. The van der Waals surface area contributed by atoms with Crippen LogP contribution in [0.15, 0.2) is 41.4 Å². The van der Waals surface area contributed by atoms with Crippen LogP contribution in [-0.4, -0.2) is 19.9 Å². The number of rotatable bonds is 5. The maximum absolute atomic E-state index is 13.7. The SMILES string of the molecule is Cc1ccc2[nH]cc(CCNS(=O)(=O)c3ccc(F)c(F)c3F)c2c1. The second kappa shape index (κ2) is 6.53. The molecule has 0 bridgehead atoms. The Balaban J connectivity index is 1.76. The Morgan fingerprint density at radius 3 is 2.60 bits per heavy atom. The molecule has 0 unspecified atom stereocenters. The van der Waals surface area contributed by atoms with Crippen LogP contribution in [-0.2, 0) is 16.4 Å². The summed E-state index contributed by atoms with van der Waals surface area (Å²) in [5, 5.41) is 0.971. The fraction of sp³-hybridized carbons (Fsp3) is 0.176. The molecule has 0 saturated heterocycles. The lowest BCUT2D eigenvalue weighted by Gasteiger charge is -2.08. The zero-order valence-electron chi connectivity index (χ0n) is 13.2. The fourth-order valence-electron chi connectivity index (χ4n) is 2.61. The van der Waals surface area contributed by atoms with Crippen molar-refractivity contribution >= 4 is 20.9 Å². The minimum absolute atomic E-state index is 0.0122. The second-order valence-electron chi connectivity index (χ2n) is 5.68. The first-order valence-electron chi connectivity index (χ1n) is 7.49. The highest BCUT2D eigenvalue weighted by Gasteiger charge is 2.23. The summed E-state index contributed by atoms with van der Waals surface area (Å²) in [4.78, 5) is 2.17. The molecule has 8 heteroatoms. The summed E-state index contributed by atoms with van der Waals surface area (Å²) in [5.41, 5.74) is 2.89.